The molecule has 0 spiro atoms. The molecule has 0 amide bonds. The average Bonchev–Trinajstić information content (AvgIpc) is 3.35. The van der Waals surface area contributed by atoms with Crippen LogP contribution in [-0.2, 0) is 20.0 Å². The van der Waals surface area contributed by atoms with E-state index < -0.39 is 20.0 Å². The van der Waals surface area contributed by atoms with Crippen molar-refractivity contribution < 1.29 is 16.8 Å². The molecule has 0 bridgehead atoms. The van der Waals surface area contributed by atoms with Crippen molar-refractivity contribution in [3.8, 4) is 11.3 Å². The summed E-state index contributed by atoms with van der Waals surface area (Å²) in [4.78, 5) is 9.40. The number of fused-ring (bicyclic) bond motifs is 1. The monoisotopic (exact) mass is 647 g/mol. The first-order chi connectivity index (χ1) is 17.4. The lowest BCUT2D eigenvalue weighted by Crippen LogP contribution is -2.16. The highest BCUT2D eigenvalue weighted by Gasteiger charge is 2.27. The van der Waals surface area contributed by atoms with Crippen LogP contribution < -0.4 is 0 Å². The summed E-state index contributed by atoms with van der Waals surface area (Å²) in [5.74, 6) is 0. The second-order valence-electron chi connectivity index (χ2n) is 8.73. The second-order valence-corrected chi connectivity index (χ2v) is 13.5. The van der Waals surface area contributed by atoms with Crippen molar-refractivity contribution in [3.05, 3.63) is 87.0 Å². The van der Waals surface area contributed by atoms with Gasteiger partial charge < -0.3 is 0 Å². The van der Waals surface area contributed by atoms with E-state index in [1.165, 1.54) is 12.4 Å². The van der Waals surface area contributed by atoms with E-state index in [4.69, 9.17) is 0 Å². The van der Waals surface area contributed by atoms with Crippen molar-refractivity contribution in [1.29, 1.82) is 0 Å². The fourth-order valence-corrected chi connectivity index (χ4v) is 7.59. The summed E-state index contributed by atoms with van der Waals surface area (Å²) < 4.78 is 55.9. The van der Waals surface area contributed by atoms with Gasteiger partial charge in [-0.3, -0.25) is 0 Å². The molecule has 0 saturated heterocycles. The first-order valence-electron chi connectivity index (χ1n) is 11.2. The van der Waals surface area contributed by atoms with Crippen LogP contribution >= 0.6 is 22.6 Å². The molecule has 3 aromatic heterocycles. The van der Waals surface area contributed by atoms with Gasteiger partial charge in [-0.25, -0.2) is 22.4 Å². The summed E-state index contributed by atoms with van der Waals surface area (Å²) in [7, 11) is -7.81. The van der Waals surface area contributed by atoms with E-state index in [0.717, 1.165) is 19.2 Å². The van der Waals surface area contributed by atoms with Crippen molar-refractivity contribution in [1.82, 2.24) is 23.1 Å². The molecule has 3 heterocycles. The maximum Gasteiger partial charge on any atom is 0.283 e. The summed E-state index contributed by atoms with van der Waals surface area (Å²) in [6, 6.07) is 13.1. The number of benzene rings is 2. The van der Waals surface area contributed by atoms with E-state index in [1.807, 2.05) is 36.4 Å². The third kappa shape index (κ3) is 4.26. The molecule has 190 valence electrons. The first kappa shape index (κ1) is 25.5. The quantitative estimate of drug-likeness (QED) is 0.256. The fourth-order valence-electron chi connectivity index (χ4n) is 4.09. The number of hydrogen-bond donors (Lipinski definition) is 0. The smallest absolute Gasteiger partial charge is 0.242 e. The minimum Gasteiger partial charge on any atom is -0.242 e. The highest BCUT2D eigenvalue weighted by molar-refractivity contribution is 14.1. The predicted molar refractivity (Wildman–Crippen MR) is 148 cm³/mol. The topological polar surface area (TPSA) is 117 Å². The number of aryl methyl sites for hydroxylation is 3. The van der Waals surface area contributed by atoms with E-state index in [1.54, 1.807) is 62.4 Å². The Morgan fingerprint density at radius 3 is 1.89 bits per heavy atom. The summed E-state index contributed by atoms with van der Waals surface area (Å²) >= 11 is 2.02. The molecule has 0 aliphatic rings. The minimum atomic E-state index is -3.92. The maximum atomic E-state index is 13.3. The van der Waals surface area contributed by atoms with Gasteiger partial charge >= 0.3 is 0 Å². The summed E-state index contributed by atoms with van der Waals surface area (Å²) in [5.41, 5.74) is 4.24. The van der Waals surface area contributed by atoms with Crippen molar-refractivity contribution in [3.63, 3.8) is 0 Å². The number of halogens is 1. The lowest BCUT2D eigenvalue weighted by Gasteiger charge is -2.08. The van der Waals surface area contributed by atoms with Crippen LogP contribution in [-0.4, -0.2) is 40.0 Å². The van der Waals surface area contributed by atoms with Gasteiger partial charge in [0.05, 0.1) is 36.6 Å². The molecule has 0 N–H and O–H groups in total. The largest absolute Gasteiger partial charge is 0.283 e. The number of rotatable bonds is 5. The van der Waals surface area contributed by atoms with Gasteiger partial charge in [0.15, 0.2) is 5.65 Å². The zero-order chi connectivity index (χ0) is 26.7. The summed E-state index contributed by atoms with van der Waals surface area (Å²) in [5, 5.41) is 4.31. The Morgan fingerprint density at radius 1 is 0.784 bits per heavy atom. The van der Waals surface area contributed by atoms with Gasteiger partial charge in [-0.2, -0.15) is 17.6 Å². The standard InChI is InChI=1S/C25H22IN5O4S2/c1-15-5-9-19(10-6-15)36(32,33)30-14-21(26)24-25(30)27-13-22(28-24)23-17(3)29-31(18(23)4)37(34,35)20-11-7-16(2)8-12-20/h5-14H,1-4H3. The first-order valence-corrected chi connectivity index (χ1v) is 15.1. The van der Waals surface area contributed by atoms with E-state index in [2.05, 4.69) is 15.1 Å². The third-order valence-electron chi connectivity index (χ3n) is 6.05. The van der Waals surface area contributed by atoms with Gasteiger partial charge in [-0.05, 0) is 74.6 Å². The van der Waals surface area contributed by atoms with Gasteiger partial charge in [0, 0.05) is 11.8 Å². The molecule has 0 aliphatic carbocycles. The second kappa shape index (κ2) is 9.03. The van der Waals surface area contributed by atoms with Crippen LogP contribution in [0, 0.1) is 31.3 Å². The molecule has 0 unspecified atom stereocenters. The molecule has 0 atom stereocenters. The van der Waals surface area contributed by atoms with E-state index >= 15 is 0 Å². The Balaban J connectivity index is 1.62. The predicted octanol–water partition coefficient (Wildman–Crippen LogP) is 4.61. The molecule has 37 heavy (non-hydrogen) atoms. The molecule has 0 saturated carbocycles. The van der Waals surface area contributed by atoms with E-state index in [9.17, 15) is 16.8 Å². The van der Waals surface area contributed by atoms with Crippen LogP contribution in [0.2, 0.25) is 0 Å². The van der Waals surface area contributed by atoms with Gasteiger partial charge in [-0.15, -0.1) is 0 Å². The average molecular weight is 648 g/mol. The normalized spacial score (nSPS) is 12.4. The fraction of sp³-hybridized carbons (Fsp3) is 0.160. The minimum absolute atomic E-state index is 0.129. The molecule has 5 rings (SSSR count). The molecule has 12 heteroatoms. The highest BCUT2D eigenvalue weighted by Crippen LogP contribution is 2.31. The molecule has 0 aliphatic heterocycles. The van der Waals surface area contributed by atoms with Crippen molar-refractivity contribution in [2.24, 2.45) is 0 Å². The molecule has 2 aromatic carbocycles. The van der Waals surface area contributed by atoms with Crippen LogP contribution in [0.5, 0.6) is 0 Å². The zero-order valence-corrected chi connectivity index (χ0v) is 24.1. The third-order valence-corrected chi connectivity index (χ3v) is 10.2. The maximum absolute atomic E-state index is 13.3. The van der Waals surface area contributed by atoms with Crippen molar-refractivity contribution >= 4 is 53.8 Å². The Kier molecular flexibility index (Phi) is 6.23. The zero-order valence-electron chi connectivity index (χ0n) is 20.3. The Morgan fingerprint density at radius 2 is 1.32 bits per heavy atom. The SMILES string of the molecule is Cc1ccc(S(=O)(=O)n2nc(C)c(-c3cnc4c(n3)c(I)cn4S(=O)(=O)c3ccc(C)cc3)c2C)cc1. The molecule has 5 aromatic rings. The summed E-state index contributed by atoms with van der Waals surface area (Å²) in [6.07, 6.45) is 2.93. The van der Waals surface area contributed by atoms with Crippen molar-refractivity contribution in [2.75, 3.05) is 0 Å². The van der Waals surface area contributed by atoms with Crippen LogP contribution in [0.1, 0.15) is 22.5 Å². The number of nitrogens with zero attached hydrogens (tertiary/aromatic N) is 5. The number of hydrogen-bond acceptors (Lipinski definition) is 7. The van der Waals surface area contributed by atoms with E-state index in [-0.39, 0.29) is 15.4 Å². The van der Waals surface area contributed by atoms with Crippen LogP contribution in [0.3, 0.4) is 0 Å². The number of aromatic nitrogens is 5. The van der Waals surface area contributed by atoms with Crippen molar-refractivity contribution in [2.45, 2.75) is 37.5 Å². The molecular weight excluding hydrogens is 625 g/mol. The lowest BCUT2D eigenvalue weighted by molar-refractivity contribution is 0.577. The van der Waals surface area contributed by atoms with Crippen LogP contribution in [0.25, 0.3) is 22.4 Å². The molecule has 0 fully saturated rings. The lowest BCUT2D eigenvalue weighted by atomic mass is 10.1. The Hall–Kier alpha value is -3.10. The molecule has 0 radical (unpaired) electrons. The Bertz CT molecular complexity index is 1890. The van der Waals surface area contributed by atoms with Gasteiger partial charge in [0.1, 0.15) is 5.52 Å². The Labute approximate surface area is 228 Å². The summed E-state index contributed by atoms with van der Waals surface area (Å²) in [6.45, 7) is 7.13. The molecule has 9 nitrogen and oxygen atoms in total. The molecular formula is C25H22IN5O4S2. The van der Waals surface area contributed by atoms with Gasteiger partial charge in [0.2, 0.25) is 0 Å². The van der Waals surface area contributed by atoms with Crippen LogP contribution in [0.4, 0.5) is 0 Å². The highest BCUT2D eigenvalue weighted by atomic mass is 127. The van der Waals surface area contributed by atoms with E-state index in [0.29, 0.717) is 31.7 Å². The van der Waals surface area contributed by atoms with Gasteiger partial charge in [0.25, 0.3) is 20.0 Å². The van der Waals surface area contributed by atoms with Crippen LogP contribution in [0.15, 0.2) is 70.7 Å². The van der Waals surface area contributed by atoms with Gasteiger partial charge in [-0.1, -0.05) is 35.4 Å².